The Morgan fingerprint density at radius 2 is 1.76 bits per heavy atom. The number of hydrogen-bond donors (Lipinski definition) is 1. The van der Waals surface area contributed by atoms with Crippen LogP contribution in [0.2, 0.25) is 0 Å². The second-order valence-electron chi connectivity index (χ2n) is 9.61. The van der Waals surface area contributed by atoms with Crippen molar-refractivity contribution in [1.82, 2.24) is 9.80 Å². The topological polar surface area (TPSA) is 38.8 Å². The summed E-state index contributed by atoms with van der Waals surface area (Å²) in [5, 5.41) is 3.03. The highest BCUT2D eigenvalue weighted by atomic mass is 32.2. The third kappa shape index (κ3) is 5.30. The van der Waals surface area contributed by atoms with E-state index in [1.54, 1.807) is 23.9 Å². The Morgan fingerprint density at radius 3 is 2.48 bits per heavy atom. The molecule has 3 heterocycles. The number of rotatable bonds is 4. The number of piperidine rings is 2. The van der Waals surface area contributed by atoms with Gasteiger partial charge in [-0.25, -0.2) is 9.18 Å². The summed E-state index contributed by atoms with van der Waals surface area (Å²) >= 11 is 1.75. The zero-order valence-corrected chi connectivity index (χ0v) is 20.1. The molecule has 0 spiro atoms. The standard InChI is InChI=1S/C26H33FN4OS/c1-19-2-5-22(6-3-19)28-26(32)30-14-8-20(9-15-30)17-29-12-10-23(11-13-29)31-18-33-25-16-21(27)4-7-24(25)31/h2-7,16,20,23H,8-15,17-18H2,1H3,(H,28,32). The van der Waals surface area contributed by atoms with E-state index in [9.17, 15) is 9.18 Å². The molecule has 5 nitrogen and oxygen atoms in total. The number of aryl methyl sites for hydroxylation is 1. The molecule has 2 aromatic rings. The lowest BCUT2D eigenvalue weighted by molar-refractivity contribution is 0.137. The van der Waals surface area contributed by atoms with Crippen molar-refractivity contribution in [3.8, 4) is 0 Å². The van der Waals surface area contributed by atoms with Crippen molar-refractivity contribution in [3.05, 3.63) is 53.8 Å². The van der Waals surface area contributed by atoms with Crippen molar-refractivity contribution < 1.29 is 9.18 Å². The molecule has 0 aromatic heterocycles. The van der Waals surface area contributed by atoms with E-state index in [1.807, 2.05) is 42.2 Å². The average molecular weight is 469 g/mol. The van der Waals surface area contributed by atoms with Gasteiger partial charge in [0.05, 0.1) is 11.6 Å². The van der Waals surface area contributed by atoms with Gasteiger partial charge in [-0.05, 0) is 68.9 Å². The minimum atomic E-state index is -0.142. The first-order valence-electron chi connectivity index (χ1n) is 12.1. The number of amides is 2. The highest BCUT2D eigenvalue weighted by Gasteiger charge is 2.31. The summed E-state index contributed by atoms with van der Waals surface area (Å²) in [6.07, 6.45) is 4.47. The number of fused-ring (bicyclic) bond motifs is 1. The van der Waals surface area contributed by atoms with Gasteiger partial charge in [-0.2, -0.15) is 0 Å². The lowest BCUT2D eigenvalue weighted by Crippen LogP contribution is -2.47. The summed E-state index contributed by atoms with van der Waals surface area (Å²) in [5.74, 6) is 1.46. The SMILES string of the molecule is Cc1ccc(NC(=O)N2CCC(CN3CCC(N4CSc5cc(F)ccc54)CC3)CC2)cc1. The molecular weight excluding hydrogens is 435 g/mol. The molecular formula is C26H33FN4OS. The van der Waals surface area contributed by atoms with Gasteiger partial charge in [-0.1, -0.05) is 17.7 Å². The molecule has 0 radical (unpaired) electrons. The number of carbonyl (C=O) groups excluding carboxylic acids is 1. The zero-order chi connectivity index (χ0) is 22.8. The van der Waals surface area contributed by atoms with E-state index in [-0.39, 0.29) is 11.8 Å². The van der Waals surface area contributed by atoms with Crippen LogP contribution in [-0.4, -0.2) is 60.5 Å². The Bertz CT molecular complexity index is 969. The second kappa shape index (κ2) is 9.94. The van der Waals surface area contributed by atoms with Crippen molar-refractivity contribution in [3.63, 3.8) is 0 Å². The van der Waals surface area contributed by atoms with E-state index < -0.39 is 0 Å². The van der Waals surface area contributed by atoms with Crippen molar-refractivity contribution in [2.75, 3.05) is 48.8 Å². The first-order valence-corrected chi connectivity index (χ1v) is 13.1. The highest BCUT2D eigenvalue weighted by molar-refractivity contribution is 7.99. The van der Waals surface area contributed by atoms with Crippen LogP contribution in [0.3, 0.4) is 0 Å². The van der Waals surface area contributed by atoms with E-state index >= 15 is 0 Å². The molecule has 5 rings (SSSR count). The van der Waals surface area contributed by atoms with E-state index in [2.05, 4.69) is 15.1 Å². The van der Waals surface area contributed by atoms with Gasteiger partial charge in [0.25, 0.3) is 0 Å². The molecule has 2 fully saturated rings. The van der Waals surface area contributed by atoms with Gasteiger partial charge in [0.1, 0.15) is 5.82 Å². The van der Waals surface area contributed by atoms with Crippen LogP contribution in [0.15, 0.2) is 47.4 Å². The fourth-order valence-corrected chi connectivity index (χ4v) is 6.45. The minimum Gasteiger partial charge on any atom is -0.358 e. The number of anilines is 2. The summed E-state index contributed by atoms with van der Waals surface area (Å²) < 4.78 is 13.5. The maximum Gasteiger partial charge on any atom is 0.321 e. The Morgan fingerprint density at radius 1 is 1.03 bits per heavy atom. The van der Waals surface area contributed by atoms with Crippen LogP contribution in [0, 0.1) is 18.7 Å². The predicted molar refractivity (Wildman–Crippen MR) is 134 cm³/mol. The molecule has 0 atom stereocenters. The van der Waals surface area contributed by atoms with Crippen LogP contribution < -0.4 is 10.2 Å². The molecule has 0 bridgehead atoms. The summed E-state index contributed by atoms with van der Waals surface area (Å²) in [5.41, 5.74) is 3.26. The average Bonchev–Trinajstić information content (AvgIpc) is 3.24. The molecule has 2 saturated heterocycles. The summed E-state index contributed by atoms with van der Waals surface area (Å²) in [4.78, 5) is 20.7. The summed E-state index contributed by atoms with van der Waals surface area (Å²) in [6, 6.07) is 13.7. The third-order valence-electron chi connectivity index (χ3n) is 7.31. The van der Waals surface area contributed by atoms with Gasteiger partial charge >= 0.3 is 6.03 Å². The molecule has 33 heavy (non-hydrogen) atoms. The van der Waals surface area contributed by atoms with Crippen LogP contribution in [0.25, 0.3) is 0 Å². The zero-order valence-electron chi connectivity index (χ0n) is 19.3. The van der Waals surface area contributed by atoms with Gasteiger partial charge in [0.2, 0.25) is 0 Å². The molecule has 176 valence electrons. The molecule has 0 saturated carbocycles. The Balaban J connectivity index is 1.05. The normalized spacial score (nSPS) is 20.2. The lowest BCUT2D eigenvalue weighted by Gasteiger charge is -2.40. The van der Waals surface area contributed by atoms with Crippen molar-refractivity contribution in [2.45, 2.75) is 43.5 Å². The number of nitrogens with zero attached hydrogens (tertiary/aromatic N) is 3. The van der Waals surface area contributed by atoms with Crippen molar-refractivity contribution in [2.24, 2.45) is 5.92 Å². The number of nitrogens with one attached hydrogen (secondary N) is 1. The highest BCUT2D eigenvalue weighted by Crippen LogP contribution is 2.41. The molecule has 0 unspecified atom stereocenters. The number of halogens is 1. The number of hydrogen-bond acceptors (Lipinski definition) is 4. The Labute approximate surface area is 200 Å². The van der Waals surface area contributed by atoms with E-state index in [4.69, 9.17) is 0 Å². The van der Waals surface area contributed by atoms with E-state index in [0.717, 1.165) is 74.9 Å². The van der Waals surface area contributed by atoms with Gasteiger partial charge in [0.15, 0.2) is 0 Å². The Hall–Kier alpha value is -2.25. The maximum absolute atomic E-state index is 13.5. The fourth-order valence-electron chi connectivity index (χ4n) is 5.29. The molecule has 2 aromatic carbocycles. The quantitative estimate of drug-likeness (QED) is 0.651. The molecule has 1 N–H and O–H groups in total. The molecule has 3 aliphatic rings. The van der Waals surface area contributed by atoms with E-state index in [0.29, 0.717) is 12.0 Å². The number of thioether (sulfide) groups is 1. The van der Waals surface area contributed by atoms with Crippen molar-refractivity contribution >= 4 is 29.2 Å². The predicted octanol–water partition coefficient (Wildman–Crippen LogP) is 5.41. The summed E-state index contributed by atoms with van der Waals surface area (Å²) in [7, 11) is 0. The number of urea groups is 1. The number of benzene rings is 2. The molecule has 2 amide bonds. The van der Waals surface area contributed by atoms with Crippen molar-refractivity contribution in [1.29, 1.82) is 0 Å². The second-order valence-corrected chi connectivity index (χ2v) is 10.6. The number of carbonyl (C=O) groups is 1. The Kier molecular flexibility index (Phi) is 6.79. The molecule has 7 heteroatoms. The third-order valence-corrected chi connectivity index (χ3v) is 8.35. The van der Waals surface area contributed by atoms with Gasteiger partial charge in [-0.15, -0.1) is 11.8 Å². The first-order chi connectivity index (χ1) is 16.0. The van der Waals surface area contributed by atoms with Crippen LogP contribution in [0.4, 0.5) is 20.6 Å². The number of likely N-dealkylation sites (tertiary alicyclic amines) is 2. The largest absolute Gasteiger partial charge is 0.358 e. The van der Waals surface area contributed by atoms with Gasteiger partial charge in [0, 0.05) is 49.3 Å². The van der Waals surface area contributed by atoms with Crippen LogP contribution in [0.1, 0.15) is 31.2 Å². The maximum atomic E-state index is 13.5. The first kappa shape index (κ1) is 22.5. The monoisotopic (exact) mass is 468 g/mol. The molecule has 3 aliphatic heterocycles. The summed E-state index contributed by atoms with van der Waals surface area (Å²) in [6.45, 7) is 7.09. The minimum absolute atomic E-state index is 0.0155. The molecule has 0 aliphatic carbocycles. The van der Waals surface area contributed by atoms with Crippen LogP contribution in [-0.2, 0) is 0 Å². The van der Waals surface area contributed by atoms with Crippen LogP contribution in [0.5, 0.6) is 0 Å². The van der Waals surface area contributed by atoms with E-state index in [1.165, 1.54) is 11.3 Å². The fraction of sp³-hybridized carbons (Fsp3) is 0.500. The smallest absolute Gasteiger partial charge is 0.321 e. The van der Waals surface area contributed by atoms with Gasteiger partial charge < -0.3 is 20.0 Å². The lowest BCUT2D eigenvalue weighted by atomic mass is 9.94. The van der Waals surface area contributed by atoms with Crippen LogP contribution >= 0.6 is 11.8 Å². The van der Waals surface area contributed by atoms with Gasteiger partial charge in [-0.3, -0.25) is 0 Å².